The summed E-state index contributed by atoms with van der Waals surface area (Å²) < 4.78 is 5.41. The van der Waals surface area contributed by atoms with Crippen LogP contribution in [0.4, 0.5) is 0 Å². The number of ether oxygens (including phenoxy) is 1. The molecule has 20 heavy (non-hydrogen) atoms. The third-order valence-electron chi connectivity index (χ3n) is 3.35. The topological polar surface area (TPSA) is 26.3 Å². The van der Waals surface area contributed by atoms with E-state index in [-0.39, 0.29) is 12.1 Å². The van der Waals surface area contributed by atoms with Crippen molar-refractivity contribution >= 4 is 23.1 Å². The van der Waals surface area contributed by atoms with Crippen LogP contribution in [0.25, 0.3) is 5.57 Å². The maximum absolute atomic E-state index is 11.6. The van der Waals surface area contributed by atoms with Crippen molar-refractivity contribution < 1.29 is 9.53 Å². The molecule has 2 nitrogen and oxygen atoms in total. The molecule has 0 aliphatic carbocycles. The molecule has 0 spiro atoms. The molecule has 3 heteroatoms. The number of carbonyl (C=O) groups excluding carboxylic acids is 1. The Hall–Kier alpha value is -2.06. The lowest BCUT2D eigenvalue weighted by Crippen LogP contribution is -2.02. The molecule has 2 aromatic carbocycles. The lowest BCUT2D eigenvalue weighted by Gasteiger charge is -2.15. The van der Waals surface area contributed by atoms with Gasteiger partial charge in [-0.25, -0.2) is 4.79 Å². The van der Waals surface area contributed by atoms with Gasteiger partial charge in [0.2, 0.25) is 0 Å². The zero-order valence-corrected chi connectivity index (χ0v) is 11.7. The van der Waals surface area contributed by atoms with Gasteiger partial charge in [-0.3, -0.25) is 0 Å². The summed E-state index contributed by atoms with van der Waals surface area (Å²) in [5.74, 6) is -0.305. The average molecular weight is 285 g/mol. The van der Waals surface area contributed by atoms with Crippen LogP contribution in [0, 0.1) is 6.92 Å². The highest BCUT2D eigenvalue weighted by Gasteiger charge is 2.28. The zero-order chi connectivity index (χ0) is 14.1. The van der Waals surface area contributed by atoms with Gasteiger partial charge in [0.1, 0.15) is 0 Å². The quantitative estimate of drug-likeness (QED) is 0.767. The van der Waals surface area contributed by atoms with Gasteiger partial charge in [0.05, 0.1) is 0 Å². The number of carbonyl (C=O) groups is 1. The Kier molecular flexibility index (Phi) is 3.33. The predicted octanol–water partition coefficient (Wildman–Crippen LogP) is 4.33. The van der Waals surface area contributed by atoms with E-state index in [1.54, 1.807) is 18.2 Å². The molecule has 100 valence electrons. The van der Waals surface area contributed by atoms with Crippen LogP contribution in [-0.4, -0.2) is 5.97 Å². The maximum Gasteiger partial charge on any atom is 0.332 e. The third kappa shape index (κ3) is 2.47. The highest BCUT2D eigenvalue weighted by Crippen LogP contribution is 2.38. The first-order valence-electron chi connectivity index (χ1n) is 6.38. The van der Waals surface area contributed by atoms with Crippen molar-refractivity contribution in [2.45, 2.75) is 13.0 Å². The summed E-state index contributed by atoms with van der Waals surface area (Å²) in [7, 11) is 0. The summed E-state index contributed by atoms with van der Waals surface area (Å²) in [6, 6.07) is 15.4. The van der Waals surface area contributed by atoms with Gasteiger partial charge in [-0.1, -0.05) is 53.6 Å². The number of halogens is 1. The van der Waals surface area contributed by atoms with Gasteiger partial charge in [-0.15, -0.1) is 0 Å². The van der Waals surface area contributed by atoms with Crippen molar-refractivity contribution in [2.75, 3.05) is 0 Å². The summed E-state index contributed by atoms with van der Waals surface area (Å²) in [5.41, 5.74) is 3.99. The average Bonchev–Trinajstić information content (AvgIpc) is 2.82. The molecule has 1 atom stereocenters. The van der Waals surface area contributed by atoms with Gasteiger partial charge in [-0.05, 0) is 30.2 Å². The molecule has 0 fully saturated rings. The Morgan fingerprint density at radius 1 is 1.00 bits per heavy atom. The molecular formula is C17H13ClO2. The molecule has 3 rings (SSSR count). The first-order chi connectivity index (χ1) is 9.63. The van der Waals surface area contributed by atoms with Crippen LogP contribution < -0.4 is 0 Å². The van der Waals surface area contributed by atoms with E-state index in [2.05, 4.69) is 0 Å². The van der Waals surface area contributed by atoms with E-state index in [0.717, 1.165) is 16.7 Å². The number of esters is 1. The lowest BCUT2D eigenvalue weighted by atomic mass is 9.95. The molecule has 0 saturated heterocycles. The molecule has 0 aromatic heterocycles. The Bertz CT molecular complexity index is 669. The first-order valence-corrected chi connectivity index (χ1v) is 6.76. The van der Waals surface area contributed by atoms with E-state index in [9.17, 15) is 4.79 Å². The SMILES string of the molecule is Cc1ccc(C2=CC(=O)OC2c2ccc(Cl)cc2)cc1. The second-order valence-electron chi connectivity index (χ2n) is 4.83. The van der Waals surface area contributed by atoms with Gasteiger partial charge >= 0.3 is 5.97 Å². The first kappa shape index (κ1) is 12.9. The van der Waals surface area contributed by atoms with Crippen molar-refractivity contribution in [1.29, 1.82) is 0 Å². The minimum absolute atomic E-state index is 0.305. The zero-order valence-electron chi connectivity index (χ0n) is 11.0. The van der Waals surface area contributed by atoms with Crippen molar-refractivity contribution in [3.63, 3.8) is 0 Å². The Morgan fingerprint density at radius 2 is 1.65 bits per heavy atom. The van der Waals surface area contributed by atoms with Crippen LogP contribution in [0.1, 0.15) is 22.8 Å². The van der Waals surface area contributed by atoms with Crippen LogP contribution in [0.3, 0.4) is 0 Å². The molecule has 1 aliphatic rings. The maximum atomic E-state index is 11.6. The van der Waals surface area contributed by atoms with Gasteiger partial charge in [0, 0.05) is 16.7 Å². The number of aryl methyl sites for hydroxylation is 1. The number of benzene rings is 2. The minimum Gasteiger partial charge on any atom is -0.449 e. The van der Waals surface area contributed by atoms with Crippen LogP contribution in [0.2, 0.25) is 5.02 Å². The number of hydrogen-bond acceptors (Lipinski definition) is 2. The second-order valence-corrected chi connectivity index (χ2v) is 5.27. The molecule has 2 aromatic rings. The Balaban J connectivity index is 1.99. The van der Waals surface area contributed by atoms with Crippen molar-refractivity contribution in [3.8, 4) is 0 Å². The van der Waals surface area contributed by atoms with Gasteiger partial charge in [0.15, 0.2) is 6.10 Å². The highest BCUT2D eigenvalue weighted by atomic mass is 35.5. The molecule has 0 N–H and O–H groups in total. The fourth-order valence-corrected chi connectivity index (χ4v) is 2.41. The van der Waals surface area contributed by atoms with E-state index in [1.807, 2.05) is 43.3 Å². The van der Waals surface area contributed by atoms with E-state index < -0.39 is 0 Å². The molecular weight excluding hydrogens is 272 g/mol. The fourth-order valence-electron chi connectivity index (χ4n) is 2.28. The Morgan fingerprint density at radius 3 is 2.30 bits per heavy atom. The smallest absolute Gasteiger partial charge is 0.332 e. The Labute approximate surface area is 122 Å². The lowest BCUT2D eigenvalue weighted by molar-refractivity contribution is -0.138. The molecule has 0 radical (unpaired) electrons. The van der Waals surface area contributed by atoms with E-state index in [4.69, 9.17) is 16.3 Å². The minimum atomic E-state index is -0.359. The van der Waals surface area contributed by atoms with Gasteiger partial charge in [0.25, 0.3) is 0 Å². The second kappa shape index (κ2) is 5.14. The number of cyclic esters (lactones) is 1. The van der Waals surface area contributed by atoms with Crippen molar-refractivity contribution in [3.05, 3.63) is 76.3 Å². The summed E-state index contributed by atoms with van der Waals surface area (Å²) in [5, 5.41) is 0.666. The monoisotopic (exact) mass is 284 g/mol. The van der Waals surface area contributed by atoms with E-state index >= 15 is 0 Å². The van der Waals surface area contributed by atoms with Crippen molar-refractivity contribution in [1.82, 2.24) is 0 Å². The molecule has 1 unspecified atom stereocenters. The summed E-state index contributed by atoms with van der Waals surface area (Å²) in [6.45, 7) is 2.03. The highest BCUT2D eigenvalue weighted by molar-refractivity contribution is 6.30. The van der Waals surface area contributed by atoms with Gasteiger partial charge in [-0.2, -0.15) is 0 Å². The van der Waals surface area contributed by atoms with Crippen LogP contribution >= 0.6 is 11.6 Å². The van der Waals surface area contributed by atoms with Gasteiger partial charge < -0.3 is 4.74 Å². The van der Waals surface area contributed by atoms with Crippen LogP contribution in [0.5, 0.6) is 0 Å². The third-order valence-corrected chi connectivity index (χ3v) is 3.60. The number of rotatable bonds is 2. The largest absolute Gasteiger partial charge is 0.449 e. The molecule has 0 amide bonds. The standard InChI is InChI=1S/C17H13ClO2/c1-11-2-4-12(5-3-11)15-10-16(19)20-17(15)13-6-8-14(18)9-7-13/h2-10,17H,1H3. The molecule has 0 saturated carbocycles. The number of hydrogen-bond donors (Lipinski definition) is 0. The summed E-state index contributed by atoms with van der Waals surface area (Å²) >= 11 is 5.90. The predicted molar refractivity (Wildman–Crippen MR) is 79.4 cm³/mol. The van der Waals surface area contributed by atoms with Crippen molar-refractivity contribution in [2.24, 2.45) is 0 Å². The summed E-state index contributed by atoms with van der Waals surface area (Å²) in [4.78, 5) is 11.6. The van der Waals surface area contributed by atoms with Crippen LogP contribution in [0.15, 0.2) is 54.6 Å². The van der Waals surface area contributed by atoms with Crippen LogP contribution in [-0.2, 0) is 9.53 Å². The molecule has 1 aliphatic heterocycles. The molecule has 0 bridgehead atoms. The van der Waals surface area contributed by atoms with E-state index in [0.29, 0.717) is 5.02 Å². The fraction of sp³-hybridized carbons (Fsp3) is 0.118. The normalized spacial score (nSPS) is 17.8. The van der Waals surface area contributed by atoms with E-state index in [1.165, 1.54) is 5.56 Å². The molecule has 1 heterocycles. The summed E-state index contributed by atoms with van der Waals surface area (Å²) in [6.07, 6.45) is 1.20.